The van der Waals surface area contributed by atoms with Crippen LogP contribution >= 0.6 is 0 Å². The Labute approximate surface area is 242 Å². The number of hydrogen-bond donors (Lipinski definition) is 1. The van der Waals surface area contributed by atoms with Crippen LogP contribution in [-0.4, -0.2) is 56.9 Å². The van der Waals surface area contributed by atoms with E-state index in [9.17, 15) is 13.2 Å². The summed E-state index contributed by atoms with van der Waals surface area (Å²) in [7, 11) is -3.75. The number of rotatable bonds is 9. The number of benzene rings is 4. The molecule has 41 heavy (non-hydrogen) atoms. The summed E-state index contributed by atoms with van der Waals surface area (Å²) in [6, 6.07) is 32.9. The van der Waals surface area contributed by atoms with Gasteiger partial charge < -0.3 is 9.64 Å². The second-order valence-corrected chi connectivity index (χ2v) is 12.0. The van der Waals surface area contributed by atoms with Crippen LogP contribution in [0.15, 0.2) is 108 Å². The predicted molar refractivity (Wildman–Crippen MR) is 162 cm³/mol. The van der Waals surface area contributed by atoms with Crippen LogP contribution in [0.3, 0.4) is 0 Å². The molecule has 1 N–H and O–H groups in total. The maximum absolute atomic E-state index is 13.0. The molecular weight excluding hydrogens is 534 g/mol. The van der Waals surface area contributed by atoms with Gasteiger partial charge in [0.25, 0.3) is 15.9 Å². The van der Waals surface area contributed by atoms with Crippen molar-refractivity contribution in [2.24, 2.45) is 0 Å². The number of carbonyl (C=O) groups excluding carboxylic acids is 1. The number of sulfonamides is 1. The minimum absolute atomic E-state index is 0.0854. The van der Waals surface area contributed by atoms with Crippen molar-refractivity contribution >= 4 is 21.6 Å². The molecule has 5 rings (SSSR count). The Hall–Kier alpha value is -4.14. The standard InChI is InChI=1S/C33H35N3O4S/c1-25-13-15-29(16-14-25)34-41(38,39)30-17-18-31(26(2)23-30)40-24-32(37)35-19-21-36(22-20-35)33(27-9-5-3-6-10-27)28-11-7-4-8-12-28/h3-18,23,33-34H,19-22,24H2,1-2H3. The van der Waals surface area contributed by atoms with Crippen LogP contribution in [0.5, 0.6) is 5.75 Å². The van der Waals surface area contributed by atoms with Gasteiger partial charge in [0.05, 0.1) is 10.9 Å². The highest BCUT2D eigenvalue weighted by Crippen LogP contribution is 2.30. The van der Waals surface area contributed by atoms with Crippen molar-refractivity contribution in [2.75, 3.05) is 37.5 Å². The zero-order valence-corrected chi connectivity index (χ0v) is 24.2. The van der Waals surface area contributed by atoms with Gasteiger partial charge in [0.15, 0.2) is 6.61 Å². The third-order valence-corrected chi connectivity index (χ3v) is 8.75. The number of anilines is 1. The lowest BCUT2D eigenvalue weighted by atomic mass is 9.96. The molecule has 0 aliphatic carbocycles. The Balaban J connectivity index is 1.18. The Morgan fingerprint density at radius 3 is 1.95 bits per heavy atom. The number of carbonyl (C=O) groups is 1. The predicted octanol–water partition coefficient (Wildman–Crippen LogP) is 5.42. The van der Waals surface area contributed by atoms with E-state index in [0.717, 1.165) is 18.7 Å². The van der Waals surface area contributed by atoms with E-state index in [4.69, 9.17) is 4.74 Å². The third-order valence-electron chi connectivity index (χ3n) is 7.37. The van der Waals surface area contributed by atoms with Crippen LogP contribution in [0.4, 0.5) is 5.69 Å². The molecule has 4 aromatic carbocycles. The number of nitrogens with zero attached hydrogens (tertiary/aromatic N) is 2. The zero-order chi connectivity index (χ0) is 28.8. The molecule has 0 unspecified atom stereocenters. The number of aryl methyl sites for hydroxylation is 2. The molecule has 1 heterocycles. The monoisotopic (exact) mass is 569 g/mol. The van der Waals surface area contributed by atoms with E-state index < -0.39 is 10.0 Å². The Morgan fingerprint density at radius 1 is 0.805 bits per heavy atom. The molecule has 0 spiro atoms. The molecule has 0 saturated carbocycles. The molecule has 7 nitrogen and oxygen atoms in total. The van der Waals surface area contributed by atoms with Crippen molar-refractivity contribution in [2.45, 2.75) is 24.8 Å². The maximum atomic E-state index is 13.0. The van der Waals surface area contributed by atoms with E-state index in [2.05, 4.69) is 58.2 Å². The van der Waals surface area contributed by atoms with Crippen LogP contribution in [0.25, 0.3) is 0 Å². The summed E-state index contributed by atoms with van der Waals surface area (Å²) in [6.07, 6.45) is 0. The van der Waals surface area contributed by atoms with Gasteiger partial charge in [0.2, 0.25) is 0 Å². The van der Waals surface area contributed by atoms with Crippen LogP contribution in [0, 0.1) is 13.8 Å². The number of ether oxygens (including phenoxy) is 1. The van der Waals surface area contributed by atoms with Crippen molar-refractivity contribution in [3.8, 4) is 5.75 Å². The summed E-state index contributed by atoms with van der Waals surface area (Å²) in [5.41, 5.74) is 4.65. The Kier molecular flexibility index (Phi) is 8.71. The highest BCUT2D eigenvalue weighted by atomic mass is 32.2. The zero-order valence-electron chi connectivity index (χ0n) is 23.4. The third kappa shape index (κ3) is 6.96. The van der Waals surface area contributed by atoms with E-state index in [1.54, 1.807) is 31.2 Å². The van der Waals surface area contributed by atoms with Gasteiger partial charge in [-0.05, 0) is 60.9 Å². The Morgan fingerprint density at radius 2 is 1.39 bits per heavy atom. The van der Waals surface area contributed by atoms with Crippen LogP contribution in [0.2, 0.25) is 0 Å². The maximum Gasteiger partial charge on any atom is 0.261 e. The Bertz CT molecular complexity index is 1530. The van der Waals surface area contributed by atoms with E-state index >= 15 is 0 Å². The van der Waals surface area contributed by atoms with Crippen LogP contribution < -0.4 is 9.46 Å². The van der Waals surface area contributed by atoms with Crippen LogP contribution in [-0.2, 0) is 14.8 Å². The molecule has 212 valence electrons. The largest absolute Gasteiger partial charge is 0.483 e. The first-order chi connectivity index (χ1) is 19.8. The molecular formula is C33H35N3O4S. The number of hydrogen-bond acceptors (Lipinski definition) is 5. The first-order valence-electron chi connectivity index (χ1n) is 13.7. The quantitative estimate of drug-likeness (QED) is 0.291. The summed E-state index contributed by atoms with van der Waals surface area (Å²) in [4.78, 5) is 17.4. The van der Waals surface area contributed by atoms with Gasteiger partial charge in [0.1, 0.15) is 5.75 Å². The van der Waals surface area contributed by atoms with E-state index in [1.807, 2.05) is 36.1 Å². The summed E-state index contributed by atoms with van der Waals surface area (Å²) < 4.78 is 34.2. The SMILES string of the molecule is Cc1ccc(NS(=O)(=O)c2ccc(OCC(=O)N3CCN(C(c4ccccc4)c4ccccc4)CC3)c(C)c2)cc1. The molecule has 1 saturated heterocycles. The van der Waals surface area contributed by atoms with Gasteiger partial charge in [-0.1, -0.05) is 78.4 Å². The van der Waals surface area contributed by atoms with Gasteiger partial charge in [-0.15, -0.1) is 0 Å². The van der Waals surface area contributed by atoms with Crippen molar-refractivity contribution in [3.05, 3.63) is 125 Å². The van der Waals surface area contributed by atoms with Gasteiger partial charge in [-0.25, -0.2) is 8.42 Å². The van der Waals surface area contributed by atoms with Gasteiger partial charge >= 0.3 is 0 Å². The number of piperazine rings is 1. The molecule has 0 atom stereocenters. The lowest BCUT2D eigenvalue weighted by molar-refractivity contribution is -0.135. The molecule has 0 aromatic heterocycles. The summed E-state index contributed by atoms with van der Waals surface area (Å²) >= 11 is 0. The molecule has 4 aromatic rings. The molecule has 1 amide bonds. The fourth-order valence-electron chi connectivity index (χ4n) is 5.13. The first-order valence-corrected chi connectivity index (χ1v) is 15.2. The second-order valence-electron chi connectivity index (χ2n) is 10.3. The van der Waals surface area contributed by atoms with Crippen molar-refractivity contribution < 1.29 is 17.9 Å². The van der Waals surface area contributed by atoms with E-state index in [0.29, 0.717) is 30.1 Å². The lowest BCUT2D eigenvalue weighted by Crippen LogP contribution is -2.51. The van der Waals surface area contributed by atoms with Crippen molar-refractivity contribution in [3.63, 3.8) is 0 Å². The summed E-state index contributed by atoms with van der Waals surface area (Å²) in [5, 5.41) is 0. The lowest BCUT2D eigenvalue weighted by Gasteiger charge is -2.39. The average Bonchev–Trinajstić information content (AvgIpc) is 2.99. The van der Waals surface area contributed by atoms with Gasteiger partial charge in [-0.2, -0.15) is 0 Å². The highest BCUT2D eigenvalue weighted by Gasteiger charge is 2.28. The first kappa shape index (κ1) is 28.4. The highest BCUT2D eigenvalue weighted by molar-refractivity contribution is 7.92. The normalized spacial score (nSPS) is 14.2. The molecule has 8 heteroatoms. The van der Waals surface area contributed by atoms with E-state index in [-0.39, 0.29) is 23.5 Å². The minimum Gasteiger partial charge on any atom is -0.483 e. The minimum atomic E-state index is -3.75. The number of nitrogens with one attached hydrogen (secondary N) is 1. The second kappa shape index (κ2) is 12.6. The summed E-state index contributed by atoms with van der Waals surface area (Å²) in [6.45, 7) is 6.34. The average molecular weight is 570 g/mol. The molecule has 0 bridgehead atoms. The molecule has 1 aliphatic heterocycles. The smallest absolute Gasteiger partial charge is 0.261 e. The molecule has 1 fully saturated rings. The molecule has 0 radical (unpaired) electrons. The van der Waals surface area contributed by atoms with Crippen molar-refractivity contribution in [1.29, 1.82) is 0 Å². The van der Waals surface area contributed by atoms with Gasteiger partial charge in [0, 0.05) is 31.9 Å². The number of amides is 1. The molecule has 1 aliphatic rings. The summed E-state index contributed by atoms with van der Waals surface area (Å²) in [5.74, 6) is 0.400. The van der Waals surface area contributed by atoms with Crippen molar-refractivity contribution in [1.82, 2.24) is 9.80 Å². The van der Waals surface area contributed by atoms with Gasteiger partial charge in [-0.3, -0.25) is 14.4 Å². The fraction of sp³-hybridized carbons (Fsp3) is 0.242. The van der Waals surface area contributed by atoms with E-state index in [1.165, 1.54) is 17.2 Å². The van der Waals surface area contributed by atoms with Crippen LogP contribution in [0.1, 0.15) is 28.3 Å². The topological polar surface area (TPSA) is 78.9 Å². The fourth-order valence-corrected chi connectivity index (χ4v) is 6.28.